The van der Waals surface area contributed by atoms with Crippen LogP contribution >= 0.6 is 11.3 Å². The molecule has 2 aromatic heterocycles. The number of methoxy groups -OCH3 is 1. The van der Waals surface area contributed by atoms with Crippen molar-refractivity contribution in [2.75, 3.05) is 7.11 Å². The van der Waals surface area contributed by atoms with E-state index >= 15 is 0 Å². The van der Waals surface area contributed by atoms with E-state index in [9.17, 15) is 4.79 Å². The second-order valence-corrected chi connectivity index (χ2v) is 6.72. The predicted octanol–water partition coefficient (Wildman–Crippen LogP) is 5.11. The molecule has 4 aromatic rings. The predicted molar refractivity (Wildman–Crippen MR) is 105 cm³/mol. The van der Waals surface area contributed by atoms with Crippen LogP contribution in [-0.2, 0) is 11.3 Å². The summed E-state index contributed by atoms with van der Waals surface area (Å²) in [6, 6.07) is 17.0. The van der Waals surface area contributed by atoms with E-state index in [-0.39, 0.29) is 0 Å². The van der Waals surface area contributed by atoms with Gasteiger partial charge in [0, 0.05) is 23.6 Å². The summed E-state index contributed by atoms with van der Waals surface area (Å²) in [6.45, 7) is 0.301. The lowest BCUT2D eigenvalue weighted by Gasteiger charge is -2.10. The minimum atomic E-state index is 0.301. The number of ether oxygens (including phenoxy) is 2. The van der Waals surface area contributed by atoms with E-state index in [0.29, 0.717) is 29.6 Å². The van der Waals surface area contributed by atoms with Crippen LogP contribution in [0.25, 0.3) is 21.3 Å². The third kappa shape index (κ3) is 3.58. The van der Waals surface area contributed by atoms with Gasteiger partial charge < -0.3 is 9.47 Å². The van der Waals surface area contributed by atoms with E-state index < -0.39 is 0 Å². The molecule has 0 amide bonds. The second-order valence-electron chi connectivity index (χ2n) is 5.86. The van der Waals surface area contributed by atoms with Crippen LogP contribution in [-0.4, -0.2) is 23.4 Å². The van der Waals surface area contributed by atoms with E-state index in [4.69, 9.17) is 9.47 Å². The maximum Gasteiger partial charge on any atom is 0.232 e. The Morgan fingerprint density at radius 2 is 1.81 bits per heavy atom. The van der Waals surface area contributed by atoms with Gasteiger partial charge in [-0.2, -0.15) is 4.98 Å². The van der Waals surface area contributed by atoms with E-state index in [1.54, 1.807) is 42.7 Å². The summed E-state index contributed by atoms with van der Waals surface area (Å²) < 4.78 is 11.3. The van der Waals surface area contributed by atoms with Crippen molar-refractivity contribution in [3.05, 3.63) is 71.4 Å². The smallest absolute Gasteiger partial charge is 0.232 e. The molecule has 0 bridgehead atoms. The SMILES string of the molecule is COCc1nc(Oc2ccc(C=O)cc2)c2c(-c3ccccc3)csc2n1. The van der Waals surface area contributed by atoms with Gasteiger partial charge in [0.05, 0.1) is 5.39 Å². The summed E-state index contributed by atoms with van der Waals surface area (Å²) in [5.74, 6) is 1.64. The summed E-state index contributed by atoms with van der Waals surface area (Å²) in [5.41, 5.74) is 2.70. The maximum absolute atomic E-state index is 10.9. The van der Waals surface area contributed by atoms with Gasteiger partial charge >= 0.3 is 0 Å². The summed E-state index contributed by atoms with van der Waals surface area (Å²) in [7, 11) is 1.61. The highest BCUT2D eigenvalue weighted by Gasteiger charge is 2.17. The van der Waals surface area contributed by atoms with Gasteiger partial charge in [0.1, 0.15) is 23.5 Å². The molecule has 0 unspecified atom stereocenters. The first-order valence-corrected chi connectivity index (χ1v) is 9.22. The Morgan fingerprint density at radius 1 is 1.04 bits per heavy atom. The van der Waals surface area contributed by atoms with Gasteiger partial charge in [0.25, 0.3) is 0 Å². The first-order valence-electron chi connectivity index (χ1n) is 8.34. The quantitative estimate of drug-likeness (QED) is 0.438. The van der Waals surface area contributed by atoms with Crippen molar-refractivity contribution < 1.29 is 14.3 Å². The van der Waals surface area contributed by atoms with Gasteiger partial charge in [0.15, 0.2) is 5.82 Å². The molecule has 6 heteroatoms. The number of aromatic nitrogens is 2. The molecule has 0 atom stereocenters. The van der Waals surface area contributed by atoms with Crippen molar-refractivity contribution in [3.63, 3.8) is 0 Å². The van der Waals surface area contributed by atoms with E-state index in [1.807, 2.05) is 30.3 Å². The molecule has 0 saturated carbocycles. The summed E-state index contributed by atoms with van der Waals surface area (Å²) in [4.78, 5) is 20.9. The molecule has 2 heterocycles. The Bertz CT molecular complexity index is 1080. The lowest BCUT2D eigenvalue weighted by Crippen LogP contribution is -1.99. The van der Waals surface area contributed by atoms with Crippen molar-refractivity contribution in [1.82, 2.24) is 9.97 Å². The molecule has 0 N–H and O–H groups in total. The van der Waals surface area contributed by atoms with Crippen LogP contribution in [0.3, 0.4) is 0 Å². The molecular weight excluding hydrogens is 360 g/mol. The van der Waals surface area contributed by atoms with E-state index in [1.165, 1.54) is 0 Å². The number of aldehydes is 1. The van der Waals surface area contributed by atoms with Crippen molar-refractivity contribution in [2.45, 2.75) is 6.61 Å². The van der Waals surface area contributed by atoms with Crippen LogP contribution in [0.4, 0.5) is 0 Å². The van der Waals surface area contributed by atoms with Crippen LogP contribution in [0.2, 0.25) is 0 Å². The lowest BCUT2D eigenvalue weighted by atomic mass is 10.1. The normalized spacial score (nSPS) is 10.9. The Balaban J connectivity index is 1.84. The molecule has 2 aromatic carbocycles. The molecule has 4 rings (SSSR count). The highest BCUT2D eigenvalue weighted by atomic mass is 32.1. The van der Waals surface area contributed by atoms with Gasteiger partial charge in [-0.25, -0.2) is 4.98 Å². The van der Waals surface area contributed by atoms with Crippen molar-refractivity contribution in [2.24, 2.45) is 0 Å². The lowest BCUT2D eigenvalue weighted by molar-refractivity contribution is 0.112. The number of carbonyl (C=O) groups is 1. The Labute approximate surface area is 160 Å². The number of hydrogen-bond donors (Lipinski definition) is 0. The molecule has 134 valence electrons. The first kappa shape index (κ1) is 17.3. The number of rotatable bonds is 6. The average Bonchev–Trinajstić information content (AvgIpc) is 3.14. The number of carbonyl (C=O) groups excluding carboxylic acids is 1. The van der Waals surface area contributed by atoms with Gasteiger partial charge in [-0.3, -0.25) is 4.79 Å². The van der Waals surface area contributed by atoms with Crippen molar-refractivity contribution in [3.8, 4) is 22.8 Å². The second kappa shape index (κ2) is 7.65. The highest BCUT2D eigenvalue weighted by molar-refractivity contribution is 7.17. The van der Waals surface area contributed by atoms with E-state index in [0.717, 1.165) is 27.6 Å². The molecule has 27 heavy (non-hydrogen) atoms. The third-order valence-electron chi connectivity index (χ3n) is 4.04. The largest absolute Gasteiger partial charge is 0.438 e. The van der Waals surface area contributed by atoms with Crippen LogP contribution in [0, 0.1) is 0 Å². The number of hydrogen-bond acceptors (Lipinski definition) is 6. The highest BCUT2D eigenvalue weighted by Crippen LogP contribution is 2.39. The zero-order valence-corrected chi connectivity index (χ0v) is 15.4. The fraction of sp³-hybridized carbons (Fsp3) is 0.0952. The molecule has 0 spiro atoms. The minimum absolute atomic E-state index is 0.301. The summed E-state index contributed by atoms with van der Waals surface area (Å²) in [5, 5.41) is 2.93. The minimum Gasteiger partial charge on any atom is -0.438 e. The van der Waals surface area contributed by atoms with Crippen LogP contribution < -0.4 is 4.74 Å². The Morgan fingerprint density at radius 3 is 2.52 bits per heavy atom. The maximum atomic E-state index is 10.9. The Hall–Kier alpha value is -3.09. The standard InChI is InChI=1S/C21H16N2O3S/c1-25-12-18-22-20(26-16-9-7-14(11-24)8-10-16)19-17(13-27-21(19)23-18)15-5-3-2-4-6-15/h2-11,13H,12H2,1H3. The number of benzene rings is 2. The fourth-order valence-corrected chi connectivity index (χ4v) is 3.73. The van der Waals surface area contributed by atoms with Crippen LogP contribution in [0.5, 0.6) is 11.6 Å². The van der Waals surface area contributed by atoms with Gasteiger partial charge in [0.2, 0.25) is 5.88 Å². The van der Waals surface area contributed by atoms with E-state index in [2.05, 4.69) is 15.3 Å². The molecular formula is C21H16N2O3S. The van der Waals surface area contributed by atoms with Crippen LogP contribution in [0.15, 0.2) is 60.0 Å². The molecule has 0 saturated heterocycles. The molecule has 0 aliphatic carbocycles. The molecule has 5 nitrogen and oxygen atoms in total. The molecule has 0 fully saturated rings. The first-order chi connectivity index (χ1) is 13.3. The van der Waals surface area contributed by atoms with Gasteiger partial charge in [-0.15, -0.1) is 11.3 Å². The number of thiophene rings is 1. The zero-order chi connectivity index (χ0) is 18.6. The summed E-state index contributed by atoms with van der Waals surface area (Å²) >= 11 is 1.55. The third-order valence-corrected chi connectivity index (χ3v) is 4.91. The van der Waals surface area contributed by atoms with Crippen molar-refractivity contribution >= 4 is 27.8 Å². The van der Waals surface area contributed by atoms with Gasteiger partial charge in [-0.1, -0.05) is 30.3 Å². The number of fused-ring (bicyclic) bond motifs is 1. The van der Waals surface area contributed by atoms with Crippen LogP contribution in [0.1, 0.15) is 16.2 Å². The zero-order valence-electron chi connectivity index (χ0n) is 14.6. The summed E-state index contributed by atoms with van der Waals surface area (Å²) in [6.07, 6.45) is 0.801. The molecule has 0 aliphatic rings. The monoisotopic (exact) mass is 376 g/mol. The Kier molecular flexibility index (Phi) is 4.91. The fourth-order valence-electron chi connectivity index (χ4n) is 2.78. The topological polar surface area (TPSA) is 61.3 Å². The average molecular weight is 376 g/mol. The molecule has 0 radical (unpaired) electrons. The van der Waals surface area contributed by atoms with Gasteiger partial charge in [-0.05, 0) is 29.8 Å². The molecule has 0 aliphatic heterocycles. The van der Waals surface area contributed by atoms with Crippen molar-refractivity contribution in [1.29, 1.82) is 0 Å². The number of nitrogens with zero attached hydrogens (tertiary/aromatic N) is 2.